The Hall–Kier alpha value is 0.180. The van der Waals surface area contributed by atoms with Crippen LogP contribution in [0.1, 0.15) is 29.7 Å². The summed E-state index contributed by atoms with van der Waals surface area (Å²) in [7, 11) is 0. The molecule has 0 bridgehead atoms. The summed E-state index contributed by atoms with van der Waals surface area (Å²) >= 11 is 7.35. The van der Waals surface area contributed by atoms with Gasteiger partial charge in [-0.2, -0.15) is 0 Å². The van der Waals surface area contributed by atoms with Crippen LogP contribution in [0.15, 0.2) is 28.7 Å². The van der Waals surface area contributed by atoms with E-state index in [0.717, 1.165) is 17.8 Å². The van der Waals surface area contributed by atoms with Crippen molar-refractivity contribution >= 4 is 31.9 Å². The monoisotopic (exact) mass is 328 g/mol. The van der Waals surface area contributed by atoms with Crippen LogP contribution in [0.25, 0.3) is 0 Å². The third kappa shape index (κ3) is 2.03. The summed E-state index contributed by atoms with van der Waals surface area (Å²) < 4.78 is 1.17. The Morgan fingerprint density at radius 1 is 1.00 bits per heavy atom. The van der Waals surface area contributed by atoms with Crippen LogP contribution in [0.4, 0.5) is 0 Å². The van der Waals surface area contributed by atoms with Crippen LogP contribution in [-0.2, 0) is 0 Å². The minimum Gasteiger partial charge on any atom is -0.0836 e. The van der Waals surface area contributed by atoms with Gasteiger partial charge in [-0.3, -0.25) is 0 Å². The van der Waals surface area contributed by atoms with Crippen LogP contribution in [0.3, 0.4) is 0 Å². The van der Waals surface area contributed by atoms with Crippen molar-refractivity contribution in [2.24, 2.45) is 17.8 Å². The largest absolute Gasteiger partial charge is 0.0836 e. The van der Waals surface area contributed by atoms with E-state index in [9.17, 15) is 0 Å². The molecule has 1 aromatic rings. The predicted octanol–water partition coefficient (Wildman–Crippen LogP) is 4.93. The first-order valence-corrected chi connectivity index (χ1v) is 7.34. The van der Waals surface area contributed by atoms with Crippen molar-refractivity contribution in [1.82, 2.24) is 0 Å². The number of hydrogen-bond acceptors (Lipinski definition) is 0. The highest BCUT2D eigenvalue weighted by Gasteiger charge is 2.47. The number of rotatable bonds is 2. The first-order chi connectivity index (χ1) is 7.24. The van der Waals surface area contributed by atoms with Gasteiger partial charge < -0.3 is 0 Å². The van der Waals surface area contributed by atoms with Crippen molar-refractivity contribution < 1.29 is 0 Å². The molecule has 15 heavy (non-hydrogen) atoms. The van der Waals surface area contributed by atoms with E-state index in [1.807, 2.05) is 0 Å². The van der Waals surface area contributed by atoms with Crippen LogP contribution >= 0.6 is 31.9 Å². The van der Waals surface area contributed by atoms with E-state index in [0.29, 0.717) is 4.83 Å². The molecule has 2 saturated carbocycles. The van der Waals surface area contributed by atoms with Gasteiger partial charge in [-0.1, -0.05) is 44.0 Å². The van der Waals surface area contributed by atoms with Gasteiger partial charge in [0.05, 0.1) is 0 Å². The Kier molecular flexibility index (Phi) is 2.68. The molecular formula is C13H14Br2. The van der Waals surface area contributed by atoms with E-state index in [1.54, 1.807) is 0 Å². The molecule has 0 radical (unpaired) electrons. The zero-order valence-electron chi connectivity index (χ0n) is 8.50. The Morgan fingerprint density at radius 3 is 2.20 bits per heavy atom. The van der Waals surface area contributed by atoms with Gasteiger partial charge in [-0.15, -0.1) is 0 Å². The van der Waals surface area contributed by atoms with Crippen LogP contribution in [0.5, 0.6) is 0 Å². The summed E-state index contributed by atoms with van der Waals surface area (Å²) in [6.07, 6.45) is 4.39. The molecule has 1 aromatic carbocycles. The van der Waals surface area contributed by atoms with Crippen LogP contribution < -0.4 is 0 Å². The summed E-state index contributed by atoms with van der Waals surface area (Å²) in [5.41, 5.74) is 1.43. The van der Waals surface area contributed by atoms with Crippen molar-refractivity contribution in [3.63, 3.8) is 0 Å². The van der Waals surface area contributed by atoms with Gasteiger partial charge in [0.1, 0.15) is 0 Å². The molecule has 2 aliphatic rings. The molecule has 0 saturated heterocycles. The second kappa shape index (κ2) is 3.89. The number of fused-ring (bicyclic) bond motifs is 1. The first kappa shape index (κ1) is 10.3. The lowest BCUT2D eigenvalue weighted by Crippen LogP contribution is -2.05. The standard InChI is InChI=1S/C13H14Br2/c14-12-3-1-8(2-4-12)13(15)11-6-9-5-10(9)7-11/h1-4,9-11,13H,5-7H2. The molecule has 2 fully saturated rings. The number of hydrogen-bond donors (Lipinski definition) is 0. The second-order valence-electron chi connectivity index (χ2n) is 4.94. The molecule has 0 aromatic heterocycles. The molecule has 0 heterocycles. The SMILES string of the molecule is Brc1ccc(C(Br)C2CC3CC3C2)cc1. The highest BCUT2D eigenvalue weighted by molar-refractivity contribution is 9.10. The zero-order chi connectivity index (χ0) is 10.4. The van der Waals surface area contributed by atoms with Gasteiger partial charge in [0.25, 0.3) is 0 Å². The lowest BCUT2D eigenvalue weighted by Gasteiger charge is -2.19. The van der Waals surface area contributed by atoms with Crippen molar-refractivity contribution in [3.05, 3.63) is 34.3 Å². The maximum Gasteiger partial charge on any atom is 0.0423 e. The predicted molar refractivity (Wildman–Crippen MR) is 70.1 cm³/mol. The third-order valence-electron chi connectivity index (χ3n) is 3.88. The molecule has 0 N–H and O–H groups in total. The summed E-state index contributed by atoms with van der Waals surface area (Å²) in [4.78, 5) is 0.568. The van der Waals surface area contributed by atoms with Crippen molar-refractivity contribution in [2.75, 3.05) is 0 Å². The lowest BCUT2D eigenvalue weighted by molar-refractivity contribution is 0.482. The van der Waals surface area contributed by atoms with Gasteiger partial charge in [0.15, 0.2) is 0 Å². The Morgan fingerprint density at radius 2 is 1.60 bits per heavy atom. The Bertz CT molecular complexity index is 347. The van der Waals surface area contributed by atoms with E-state index in [2.05, 4.69) is 56.1 Å². The summed E-state index contributed by atoms with van der Waals surface area (Å²) in [5, 5.41) is 0. The molecule has 2 heteroatoms. The fraction of sp³-hybridized carbons (Fsp3) is 0.538. The topological polar surface area (TPSA) is 0 Å². The third-order valence-corrected chi connectivity index (χ3v) is 5.69. The average Bonchev–Trinajstić information content (AvgIpc) is 2.86. The fourth-order valence-corrected chi connectivity index (χ4v) is 3.92. The normalized spacial score (nSPS) is 34.9. The second-order valence-corrected chi connectivity index (χ2v) is 6.84. The van der Waals surface area contributed by atoms with E-state index < -0.39 is 0 Å². The number of halogens is 2. The van der Waals surface area contributed by atoms with Gasteiger partial charge in [0.2, 0.25) is 0 Å². The maximum absolute atomic E-state index is 3.87. The highest BCUT2D eigenvalue weighted by Crippen LogP contribution is 2.58. The average molecular weight is 330 g/mol. The summed E-state index contributed by atoms with van der Waals surface area (Å²) in [6, 6.07) is 8.74. The Labute approximate surface area is 108 Å². The molecule has 0 spiro atoms. The van der Waals surface area contributed by atoms with Crippen molar-refractivity contribution in [3.8, 4) is 0 Å². The molecule has 3 rings (SSSR count). The van der Waals surface area contributed by atoms with E-state index in [-0.39, 0.29) is 0 Å². The quantitative estimate of drug-likeness (QED) is 0.675. The maximum atomic E-state index is 3.87. The molecule has 3 unspecified atom stereocenters. The highest BCUT2D eigenvalue weighted by atomic mass is 79.9. The zero-order valence-corrected chi connectivity index (χ0v) is 11.7. The molecule has 3 atom stereocenters. The molecule has 0 aliphatic heterocycles. The van der Waals surface area contributed by atoms with E-state index >= 15 is 0 Å². The van der Waals surface area contributed by atoms with Gasteiger partial charge in [-0.25, -0.2) is 0 Å². The number of alkyl halides is 1. The van der Waals surface area contributed by atoms with Crippen LogP contribution in [-0.4, -0.2) is 0 Å². The molecule has 80 valence electrons. The van der Waals surface area contributed by atoms with E-state index in [4.69, 9.17) is 0 Å². The van der Waals surface area contributed by atoms with Crippen LogP contribution in [0, 0.1) is 17.8 Å². The van der Waals surface area contributed by atoms with Gasteiger partial charge in [-0.05, 0) is 54.7 Å². The lowest BCUT2D eigenvalue weighted by atomic mass is 9.95. The minimum atomic E-state index is 0.568. The Balaban J connectivity index is 1.73. The smallest absolute Gasteiger partial charge is 0.0423 e. The van der Waals surface area contributed by atoms with Gasteiger partial charge >= 0.3 is 0 Å². The van der Waals surface area contributed by atoms with E-state index in [1.165, 1.54) is 29.3 Å². The summed E-state index contributed by atoms with van der Waals surface area (Å²) in [5.74, 6) is 3.02. The number of benzene rings is 1. The minimum absolute atomic E-state index is 0.568. The molecule has 0 amide bonds. The van der Waals surface area contributed by atoms with Crippen LogP contribution in [0.2, 0.25) is 0 Å². The fourth-order valence-electron chi connectivity index (χ4n) is 2.92. The molecule has 2 aliphatic carbocycles. The molecule has 0 nitrogen and oxygen atoms in total. The summed E-state index contributed by atoms with van der Waals surface area (Å²) in [6.45, 7) is 0. The first-order valence-electron chi connectivity index (χ1n) is 5.63. The van der Waals surface area contributed by atoms with Crippen molar-refractivity contribution in [2.45, 2.75) is 24.1 Å². The van der Waals surface area contributed by atoms with Gasteiger partial charge in [0, 0.05) is 9.30 Å². The molecular weight excluding hydrogens is 316 g/mol. The van der Waals surface area contributed by atoms with Crippen molar-refractivity contribution in [1.29, 1.82) is 0 Å².